The fourth-order valence-electron chi connectivity index (χ4n) is 2.06. The molecule has 1 aliphatic rings. The summed E-state index contributed by atoms with van der Waals surface area (Å²) in [5, 5.41) is 0. The third-order valence-corrected chi connectivity index (χ3v) is 5.55. The lowest BCUT2D eigenvalue weighted by molar-refractivity contribution is 0.0763. The number of carbonyl (C=O) groups excluding carboxylic acids is 1. The van der Waals surface area contributed by atoms with E-state index in [9.17, 15) is 9.18 Å². The van der Waals surface area contributed by atoms with E-state index >= 15 is 0 Å². The smallest absolute Gasteiger partial charge is 0.254 e. The van der Waals surface area contributed by atoms with Gasteiger partial charge in [-0.1, -0.05) is 13.8 Å². The van der Waals surface area contributed by atoms with Crippen LogP contribution < -0.4 is 0 Å². The summed E-state index contributed by atoms with van der Waals surface area (Å²) in [5.74, 6) is 0.674. The van der Waals surface area contributed by atoms with E-state index in [-0.39, 0.29) is 16.5 Å². The highest BCUT2D eigenvalue weighted by Gasteiger charge is 2.27. The molecule has 104 valence electrons. The first-order valence-electron chi connectivity index (χ1n) is 6.27. The topological polar surface area (TPSA) is 20.3 Å². The van der Waals surface area contributed by atoms with Crippen LogP contribution in [-0.2, 0) is 0 Å². The van der Waals surface area contributed by atoms with E-state index in [0.29, 0.717) is 9.13 Å². The Morgan fingerprint density at radius 2 is 2.16 bits per heavy atom. The van der Waals surface area contributed by atoms with Gasteiger partial charge in [-0.25, -0.2) is 4.39 Å². The molecule has 19 heavy (non-hydrogen) atoms. The van der Waals surface area contributed by atoms with Crippen LogP contribution in [0.4, 0.5) is 4.39 Å². The first-order chi connectivity index (χ1) is 8.89. The first-order valence-corrected chi connectivity index (χ1v) is 8.34. The van der Waals surface area contributed by atoms with Crippen LogP contribution in [0.3, 0.4) is 0 Å². The number of nitrogens with zero attached hydrogens (tertiary/aromatic N) is 1. The van der Waals surface area contributed by atoms with Crippen LogP contribution >= 0.6 is 34.4 Å². The van der Waals surface area contributed by atoms with Gasteiger partial charge in [-0.3, -0.25) is 4.79 Å². The Kier molecular flexibility index (Phi) is 4.76. The summed E-state index contributed by atoms with van der Waals surface area (Å²) in [6.07, 6.45) is 0.987. The molecule has 1 saturated heterocycles. The average molecular weight is 393 g/mol. The molecule has 0 aromatic heterocycles. The van der Waals surface area contributed by atoms with Gasteiger partial charge in [0.1, 0.15) is 5.82 Å². The standard InChI is InChI=1S/C14H17FINOS/c1-14(2)5-6-17(7-8-19-14)13(18)11-4-3-10(15)9-12(11)16/h3-4,9H,5-8H2,1-2H3. The average Bonchev–Trinajstić information content (AvgIpc) is 2.49. The van der Waals surface area contributed by atoms with E-state index in [2.05, 4.69) is 13.8 Å². The van der Waals surface area contributed by atoms with Gasteiger partial charge in [-0.15, -0.1) is 0 Å². The van der Waals surface area contributed by atoms with E-state index in [1.165, 1.54) is 12.1 Å². The number of rotatable bonds is 1. The third kappa shape index (κ3) is 3.84. The van der Waals surface area contributed by atoms with Crippen LogP contribution in [0.25, 0.3) is 0 Å². The molecule has 1 aromatic carbocycles. The van der Waals surface area contributed by atoms with Crippen molar-refractivity contribution in [3.63, 3.8) is 0 Å². The minimum atomic E-state index is -0.298. The molecule has 0 unspecified atom stereocenters. The number of thioether (sulfide) groups is 1. The Morgan fingerprint density at radius 3 is 2.84 bits per heavy atom. The molecule has 1 amide bonds. The SMILES string of the molecule is CC1(C)CCN(C(=O)c2ccc(F)cc2I)CCS1. The number of halogens is 2. The van der Waals surface area contributed by atoms with Gasteiger partial charge in [0.05, 0.1) is 5.56 Å². The van der Waals surface area contributed by atoms with Gasteiger partial charge in [-0.2, -0.15) is 11.8 Å². The van der Waals surface area contributed by atoms with Crippen molar-refractivity contribution in [1.82, 2.24) is 4.90 Å². The quantitative estimate of drug-likeness (QED) is 0.677. The first kappa shape index (κ1) is 15.1. The van der Waals surface area contributed by atoms with E-state index in [1.807, 2.05) is 39.3 Å². The maximum atomic E-state index is 13.1. The predicted molar refractivity (Wildman–Crippen MR) is 86.2 cm³/mol. The molecule has 0 spiro atoms. The number of hydrogen-bond acceptors (Lipinski definition) is 2. The number of carbonyl (C=O) groups is 1. The van der Waals surface area contributed by atoms with Crippen molar-refractivity contribution in [2.24, 2.45) is 0 Å². The Bertz CT molecular complexity index is 492. The zero-order chi connectivity index (χ0) is 14.0. The molecule has 2 rings (SSSR count). The molecule has 1 aromatic rings. The molecule has 0 aliphatic carbocycles. The van der Waals surface area contributed by atoms with Crippen molar-refractivity contribution >= 4 is 40.3 Å². The van der Waals surface area contributed by atoms with E-state index in [0.717, 1.165) is 25.3 Å². The normalized spacial score (nSPS) is 19.1. The summed E-state index contributed by atoms with van der Waals surface area (Å²) in [5.41, 5.74) is 0.603. The fraction of sp³-hybridized carbons (Fsp3) is 0.500. The minimum Gasteiger partial charge on any atom is -0.338 e. The Labute approximate surface area is 131 Å². The second-order valence-corrected chi connectivity index (χ2v) is 8.24. The molecule has 1 heterocycles. The van der Waals surface area contributed by atoms with Crippen molar-refractivity contribution in [2.45, 2.75) is 25.0 Å². The second-order valence-electron chi connectivity index (χ2n) is 5.27. The predicted octanol–water partition coefficient (Wildman–Crippen LogP) is 3.79. The van der Waals surface area contributed by atoms with Gasteiger partial charge in [0.15, 0.2) is 0 Å². The zero-order valence-corrected chi connectivity index (χ0v) is 14.1. The largest absolute Gasteiger partial charge is 0.338 e. The Balaban J connectivity index is 2.15. The maximum absolute atomic E-state index is 13.1. The fourth-order valence-corrected chi connectivity index (χ4v) is 3.86. The Hall–Kier alpha value is -0.300. The van der Waals surface area contributed by atoms with Crippen molar-refractivity contribution in [2.75, 3.05) is 18.8 Å². The lowest BCUT2D eigenvalue weighted by atomic mass is 10.1. The van der Waals surface area contributed by atoms with Gasteiger partial charge in [-0.05, 0) is 47.2 Å². The molecular formula is C14H17FINOS. The summed E-state index contributed by atoms with van der Waals surface area (Å²) in [7, 11) is 0. The van der Waals surface area contributed by atoms with Crippen LogP contribution in [0.15, 0.2) is 18.2 Å². The van der Waals surface area contributed by atoms with Gasteiger partial charge >= 0.3 is 0 Å². The zero-order valence-electron chi connectivity index (χ0n) is 11.1. The monoisotopic (exact) mass is 393 g/mol. The van der Waals surface area contributed by atoms with E-state index in [1.54, 1.807) is 6.07 Å². The van der Waals surface area contributed by atoms with Gasteiger partial charge in [0.25, 0.3) is 5.91 Å². The molecule has 1 fully saturated rings. The van der Waals surface area contributed by atoms with Gasteiger partial charge in [0.2, 0.25) is 0 Å². The van der Waals surface area contributed by atoms with Crippen molar-refractivity contribution < 1.29 is 9.18 Å². The van der Waals surface area contributed by atoms with Crippen LogP contribution in [0, 0.1) is 9.39 Å². The molecule has 0 atom stereocenters. The molecule has 0 radical (unpaired) electrons. The highest BCUT2D eigenvalue weighted by atomic mass is 127. The van der Waals surface area contributed by atoms with Gasteiger partial charge in [0, 0.05) is 27.2 Å². The van der Waals surface area contributed by atoms with Gasteiger partial charge < -0.3 is 4.90 Å². The summed E-state index contributed by atoms with van der Waals surface area (Å²) < 4.78 is 14.0. The highest BCUT2D eigenvalue weighted by Crippen LogP contribution is 2.31. The van der Waals surface area contributed by atoms with Crippen LogP contribution in [0.5, 0.6) is 0 Å². The Morgan fingerprint density at radius 1 is 1.42 bits per heavy atom. The molecule has 0 N–H and O–H groups in total. The summed E-state index contributed by atoms with van der Waals surface area (Å²) in [6.45, 7) is 5.97. The van der Waals surface area contributed by atoms with Crippen LogP contribution in [0.2, 0.25) is 0 Å². The lowest BCUT2D eigenvalue weighted by Crippen LogP contribution is -2.34. The molecule has 2 nitrogen and oxygen atoms in total. The minimum absolute atomic E-state index is 0.0164. The van der Waals surface area contributed by atoms with Crippen LogP contribution in [-0.4, -0.2) is 34.4 Å². The third-order valence-electron chi connectivity index (χ3n) is 3.29. The van der Waals surface area contributed by atoms with Crippen LogP contribution in [0.1, 0.15) is 30.6 Å². The lowest BCUT2D eigenvalue weighted by Gasteiger charge is -2.23. The molecule has 5 heteroatoms. The molecular weight excluding hydrogens is 376 g/mol. The summed E-state index contributed by atoms with van der Waals surface area (Å²) >= 11 is 3.93. The molecule has 0 saturated carbocycles. The van der Waals surface area contributed by atoms with Crippen molar-refractivity contribution in [1.29, 1.82) is 0 Å². The molecule has 1 aliphatic heterocycles. The maximum Gasteiger partial charge on any atom is 0.254 e. The number of benzene rings is 1. The van der Waals surface area contributed by atoms with E-state index in [4.69, 9.17) is 0 Å². The molecule has 0 bridgehead atoms. The second kappa shape index (κ2) is 5.99. The number of amides is 1. The van der Waals surface area contributed by atoms with Crippen molar-refractivity contribution in [3.8, 4) is 0 Å². The van der Waals surface area contributed by atoms with Crippen molar-refractivity contribution in [3.05, 3.63) is 33.1 Å². The number of hydrogen-bond donors (Lipinski definition) is 0. The van der Waals surface area contributed by atoms with E-state index < -0.39 is 0 Å². The summed E-state index contributed by atoms with van der Waals surface area (Å²) in [4.78, 5) is 14.4. The highest BCUT2D eigenvalue weighted by molar-refractivity contribution is 14.1. The summed E-state index contributed by atoms with van der Waals surface area (Å²) in [6, 6.07) is 4.35.